The molecule has 3 aromatic rings. The molecule has 130 valence electrons. The highest BCUT2D eigenvalue weighted by atomic mass is 35.5. The van der Waals surface area contributed by atoms with Crippen LogP contribution in [0.3, 0.4) is 0 Å². The van der Waals surface area contributed by atoms with E-state index in [0.717, 1.165) is 5.39 Å². The van der Waals surface area contributed by atoms with E-state index in [0.29, 0.717) is 33.1 Å². The fraction of sp³-hybridized carbons (Fsp3) is 0.222. The Morgan fingerprint density at radius 2 is 1.76 bits per heavy atom. The molecule has 0 saturated carbocycles. The molecule has 4 nitrogen and oxygen atoms in total. The lowest BCUT2D eigenvalue weighted by Crippen LogP contribution is -2.16. The fourth-order valence-corrected chi connectivity index (χ4v) is 4.28. The van der Waals surface area contributed by atoms with Gasteiger partial charge in [-0.15, -0.1) is 0 Å². The van der Waals surface area contributed by atoms with Gasteiger partial charge in [0.1, 0.15) is 0 Å². The maximum absolute atomic E-state index is 12.6. The first-order valence-electron chi connectivity index (χ1n) is 7.72. The van der Waals surface area contributed by atoms with Gasteiger partial charge in [-0.2, -0.15) is 0 Å². The summed E-state index contributed by atoms with van der Waals surface area (Å²) in [6.07, 6.45) is 0.336. The molecule has 7 heteroatoms. The van der Waals surface area contributed by atoms with Gasteiger partial charge in [0.2, 0.25) is 5.28 Å². The predicted octanol–water partition coefficient (Wildman–Crippen LogP) is 4.71. The summed E-state index contributed by atoms with van der Waals surface area (Å²) in [5.74, 6) is 0. The van der Waals surface area contributed by atoms with Crippen LogP contribution in [0.1, 0.15) is 25.1 Å². The first-order chi connectivity index (χ1) is 11.8. The third-order valence-corrected chi connectivity index (χ3v) is 6.62. The SMILES string of the molecule is CC(C)S(=O)(=O)c1ccccc1Cc1nc(Cl)nc2cc(Cl)ccc12. The summed E-state index contributed by atoms with van der Waals surface area (Å²) >= 11 is 12.1. The summed E-state index contributed by atoms with van der Waals surface area (Å²) in [4.78, 5) is 8.82. The van der Waals surface area contributed by atoms with Gasteiger partial charge < -0.3 is 0 Å². The molecule has 1 aromatic heterocycles. The second kappa shape index (κ2) is 6.90. The Hall–Kier alpha value is -1.69. The molecule has 0 amide bonds. The van der Waals surface area contributed by atoms with Crippen molar-refractivity contribution in [1.29, 1.82) is 0 Å². The van der Waals surface area contributed by atoms with Gasteiger partial charge in [-0.25, -0.2) is 18.4 Å². The average molecular weight is 395 g/mol. The molecule has 0 radical (unpaired) electrons. The van der Waals surface area contributed by atoms with E-state index in [1.165, 1.54) is 0 Å². The predicted molar refractivity (Wildman–Crippen MR) is 101 cm³/mol. The zero-order valence-electron chi connectivity index (χ0n) is 13.7. The molecular formula is C18H16Cl2N2O2S. The van der Waals surface area contributed by atoms with Crippen molar-refractivity contribution >= 4 is 43.9 Å². The van der Waals surface area contributed by atoms with Gasteiger partial charge in [-0.05, 0) is 55.3 Å². The normalized spacial score (nSPS) is 12.0. The smallest absolute Gasteiger partial charge is 0.223 e. The minimum atomic E-state index is -3.40. The molecular weight excluding hydrogens is 379 g/mol. The molecule has 0 atom stereocenters. The van der Waals surface area contributed by atoms with Crippen LogP contribution in [0.2, 0.25) is 10.3 Å². The maximum Gasteiger partial charge on any atom is 0.223 e. The number of benzene rings is 2. The Morgan fingerprint density at radius 1 is 1.04 bits per heavy atom. The van der Waals surface area contributed by atoms with Crippen molar-refractivity contribution in [3.05, 3.63) is 64.0 Å². The lowest BCUT2D eigenvalue weighted by molar-refractivity contribution is 0.586. The standard InChI is InChI=1S/C18H16Cl2N2O2S/c1-11(2)25(23,24)17-6-4-3-5-12(17)9-15-14-8-7-13(19)10-16(14)22-18(20)21-15/h3-8,10-11H,9H2,1-2H3. The van der Waals surface area contributed by atoms with E-state index in [1.807, 2.05) is 12.1 Å². The molecule has 0 bridgehead atoms. The number of hydrogen-bond acceptors (Lipinski definition) is 4. The van der Waals surface area contributed by atoms with Crippen molar-refractivity contribution in [2.24, 2.45) is 0 Å². The van der Waals surface area contributed by atoms with Crippen molar-refractivity contribution in [2.45, 2.75) is 30.4 Å². The van der Waals surface area contributed by atoms with Crippen LogP contribution in [0.5, 0.6) is 0 Å². The highest BCUT2D eigenvalue weighted by molar-refractivity contribution is 7.92. The van der Waals surface area contributed by atoms with Gasteiger partial charge in [0, 0.05) is 16.8 Å². The summed E-state index contributed by atoms with van der Waals surface area (Å²) in [7, 11) is -3.40. The lowest BCUT2D eigenvalue weighted by Gasteiger charge is -2.13. The quantitative estimate of drug-likeness (QED) is 0.601. The second-order valence-corrected chi connectivity index (χ2v) is 9.23. The molecule has 0 saturated heterocycles. The molecule has 0 aliphatic heterocycles. The summed E-state index contributed by atoms with van der Waals surface area (Å²) in [6.45, 7) is 3.34. The number of hydrogen-bond donors (Lipinski definition) is 0. The van der Waals surface area contributed by atoms with Crippen molar-refractivity contribution in [2.75, 3.05) is 0 Å². The zero-order chi connectivity index (χ0) is 18.2. The molecule has 2 aromatic carbocycles. The highest BCUT2D eigenvalue weighted by Crippen LogP contribution is 2.27. The van der Waals surface area contributed by atoms with E-state index in [-0.39, 0.29) is 5.28 Å². The molecule has 25 heavy (non-hydrogen) atoms. The van der Waals surface area contributed by atoms with Gasteiger partial charge in [0.15, 0.2) is 9.84 Å². The first kappa shape index (κ1) is 18.1. The first-order valence-corrected chi connectivity index (χ1v) is 10.0. The summed E-state index contributed by atoms with van der Waals surface area (Å²) in [6, 6.07) is 12.3. The Kier molecular flexibility index (Phi) is 5.00. The highest BCUT2D eigenvalue weighted by Gasteiger charge is 2.23. The Morgan fingerprint density at radius 3 is 2.48 bits per heavy atom. The van der Waals surface area contributed by atoms with E-state index in [4.69, 9.17) is 23.2 Å². The monoisotopic (exact) mass is 394 g/mol. The number of aromatic nitrogens is 2. The molecule has 0 fully saturated rings. The van der Waals surface area contributed by atoms with Gasteiger partial charge >= 0.3 is 0 Å². The molecule has 1 heterocycles. The number of sulfone groups is 1. The van der Waals surface area contributed by atoms with Crippen LogP contribution in [0.4, 0.5) is 0 Å². The van der Waals surface area contributed by atoms with Gasteiger partial charge in [0.05, 0.1) is 21.4 Å². The fourth-order valence-electron chi connectivity index (χ4n) is 2.63. The van der Waals surface area contributed by atoms with Crippen LogP contribution in [0.25, 0.3) is 10.9 Å². The maximum atomic E-state index is 12.6. The van der Waals surface area contributed by atoms with Crippen molar-refractivity contribution in [3.8, 4) is 0 Å². The van der Waals surface area contributed by atoms with Crippen LogP contribution in [-0.4, -0.2) is 23.6 Å². The Bertz CT molecular complexity index is 1040. The van der Waals surface area contributed by atoms with Crippen LogP contribution >= 0.6 is 23.2 Å². The number of halogens is 2. The lowest BCUT2D eigenvalue weighted by atomic mass is 10.1. The minimum Gasteiger partial charge on any atom is -0.223 e. The van der Waals surface area contributed by atoms with Gasteiger partial charge in [0.25, 0.3) is 0 Å². The molecule has 0 spiro atoms. The van der Waals surface area contributed by atoms with Crippen LogP contribution in [-0.2, 0) is 16.3 Å². The zero-order valence-corrected chi connectivity index (χ0v) is 16.0. The molecule has 0 unspecified atom stereocenters. The van der Waals surface area contributed by atoms with E-state index in [9.17, 15) is 8.42 Å². The van der Waals surface area contributed by atoms with E-state index in [2.05, 4.69) is 9.97 Å². The molecule has 3 rings (SSSR count). The topological polar surface area (TPSA) is 59.9 Å². The van der Waals surface area contributed by atoms with E-state index >= 15 is 0 Å². The van der Waals surface area contributed by atoms with Crippen molar-refractivity contribution < 1.29 is 8.42 Å². The molecule has 0 aliphatic rings. The largest absolute Gasteiger partial charge is 0.223 e. The van der Waals surface area contributed by atoms with E-state index in [1.54, 1.807) is 44.2 Å². The van der Waals surface area contributed by atoms with Crippen LogP contribution in [0, 0.1) is 0 Å². The third kappa shape index (κ3) is 3.64. The van der Waals surface area contributed by atoms with Crippen LogP contribution in [0.15, 0.2) is 47.4 Å². The Balaban J connectivity index is 2.15. The number of rotatable bonds is 4. The Labute approximate surface area is 156 Å². The van der Waals surface area contributed by atoms with Crippen LogP contribution < -0.4 is 0 Å². The number of fused-ring (bicyclic) bond motifs is 1. The van der Waals surface area contributed by atoms with Gasteiger partial charge in [-0.1, -0.05) is 29.8 Å². The summed E-state index contributed by atoms with van der Waals surface area (Å²) in [5, 5.41) is 0.953. The second-order valence-electron chi connectivity index (χ2n) is 5.98. The molecule has 0 N–H and O–H groups in total. The van der Waals surface area contributed by atoms with E-state index < -0.39 is 15.1 Å². The minimum absolute atomic E-state index is 0.106. The van der Waals surface area contributed by atoms with Crippen molar-refractivity contribution in [1.82, 2.24) is 9.97 Å². The average Bonchev–Trinajstić information content (AvgIpc) is 2.54. The van der Waals surface area contributed by atoms with Crippen molar-refractivity contribution in [3.63, 3.8) is 0 Å². The molecule has 0 aliphatic carbocycles. The number of nitrogens with zero attached hydrogens (tertiary/aromatic N) is 2. The summed E-state index contributed by atoms with van der Waals surface area (Å²) in [5.41, 5.74) is 1.98. The summed E-state index contributed by atoms with van der Waals surface area (Å²) < 4.78 is 25.3. The third-order valence-electron chi connectivity index (χ3n) is 3.97. The van der Waals surface area contributed by atoms with Gasteiger partial charge in [-0.3, -0.25) is 0 Å².